The topological polar surface area (TPSA) is 17.1 Å². The van der Waals surface area contributed by atoms with Crippen LogP contribution in [0.4, 0.5) is 0 Å². The van der Waals surface area contributed by atoms with Crippen LogP contribution in [0.1, 0.15) is 0 Å². The quantitative estimate of drug-likeness (QED) is 0.767. The van der Waals surface area contributed by atoms with E-state index >= 15 is 0 Å². The van der Waals surface area contributed by atoms with Crippen molar-refractivity contribution in [1.29, 1.82) is 0 Å². The van der Waals surface area contributed by atoms with Crippen LogP contribution in [0.3, 0.4) is 0 Å². The van der Waals surface area contributed by atoms with Gasteiger partial charge >= 0.3 is 17.1 Å². The second kappa shape index (κ2) is 9.70. The van der Waals surface area contributed by atoms with Gasteiger partial charge in [0.1, 0.15) is 5.41 Å². The van der Waals surface area contributed by atoms with Gasteiger partial charge in [0.05, 0.1) is 0 Å². The third-order valence-corrected chi connectivity index (χ3v) is 6.74. The predicted molar refractivity (Wildman–Crippen MR) is 90.5 cm³/mol. The van der Waals surface area contributed by atoms with Crippen LogP contribution in [0.15, 0.2) is 30.3 Å². The van der Waals surface area contributed by atoms with Gasteiger partial charge < -0.3 is 4.79 Å². The first-order valence-electron chi connectivity index (χ1n) is 7.11. The van der Waals surface area contributed by atoms with E-state index in [1.54, 1.807) is 0 Å². The Labute approximate surface area is 147 Å². The molecule has 0 bridgehead atoms. The first-order valence-corrected chi connectivity index (χ1v) is 10.1. The minimum Gasteiger partial charge on any atom is -0.304 e. The summed E-state index contributed by atoms with van der Waals surface area (Å²) < 4.78 is 0. The normalized spacial score (nSPS) is 18.3. The smallest absolute Gasteiger partial charge is 0.304 e. The van der Waals surface area contributed by atoms with E-state index in [4.69, 9.17) is 0 Å². The van der Waals surface area contributed by atoms with Crippen molar-refractivity contribution in [3.05, 3.63) is 94.0 Å². The molecule has 3 rings (SSSR count). The Balaban J connectivity index is 0.000000344. The molecule has 112 valence electrons. The molecule has 0 unspecified atom stereocenters. The van der Waals surface area contributed by atoms with Crippen LogP contribution < -0.4 is 5.19 Å². The van der Waals surface area contributed by atoms with E-state index in [1.807, 2.05) is 76.0 Å². The Bertz CT molecular complexity index is 426. The Morgan fingerprint density at radius 3 is 1.68 bits per heavy atom. The van der Waals surface area contributed by atoms with Crippen molar-refractivity contribution in [1.82, 2.24) is 0 Å². The van der Waals surface area contributed by atoms with Crippen LogP contribution in [-0.4, -0.2) is 13.5 Å². The average molecular weight is 348 g/mol. The summed E-state index contributed by atoms with van der Waals surface area (Å²) in [6.07, 6.45) is 17.6. The van der Waals surface area contributed by atoms with Gasteiger partial charge in [-0.1, -0.05) is 48.6 Å². The molecule has 0 spiro atoms. The van der Waals surface area contributed by atoms with Gasteiger partial charge in [0, 0.05) is 5.92 Å². The number of rotatable bonds is 3. The summed E-state index contributed by atoms with van der Waals surface area (Å²) in [5.41, 5.74) is 0. The number of carbonyl (C=O) groups is 1. The molecule has 1 nitrogen and oxygen atoms in total. The maximum atomic E-state index is 12.4. The molecule has 1 aromatic rings. The summed E-state index contributed by atoms with van der Waals surface area (Å²) in [5, 5.41) is 1.50. The SMILES string of the molecule is C[Si](C)(C(=O)[C]1[CH][CH][CH][CH]1)c1ccccc1.[CH]1[CH][CH][CH][CH]1.[Fe+2]. The molecule has 2 aliphatic carbocycles. The molecule has 2 aliphatic rings. The molecule has 0 amide bonds. The molecule has 0 aliphatic heterocycles. The second-order valence-corrected chi connectivity index (χ2v) is 9.74. The predicted octanol–water partition coefficient (Wildman–Crippen LogP) is 3.13. The number of hydrogen-bond donors (Lipinski definition) is 0. The van der Waals surface area contributed by atoms with Crippen LogP contribution >= 0.6 is 0 Å². The van der Waals surface area contributed by atoms with Crippen molar-refractivity contribution in [2.45, 2.75) is 13.1 Å². The summed E-state index contributed by atoms with van der Waals surface area (Å²) >= 11 is 0. The van der Waals surface area contributed by atoms with Crippen molar-refractivity contribution in [3.63, 3.8) is 0 Å². The van der Waals surface area contributed by atoms with Crippen LogP contribution in [0.25, 0.3) is 0 Å². The summed E-state index contributed by atoms with van der Waals surface area (Å²) in [4.78, 5) is 12.4. The molecule has 22 heavy (non-hydrogen) atoms. The molecule has 2 fully saturated rings. The zero-order chi connectivity index (χ0) is 15.1. The van der Waals surface area contributed by atoms with Gasteiger partial charge in [-0.15, -0.1) is 0 Å². The molecule has 0 aromatic heterocycles. The Kier molecular flexibility index (Phi) is 8.67. The minimum atomic E-state index is -2.03. The van der Waals surface area contributed by atoms with Gasteiger partial charge in [-0.3, -0.25) is 0 Å². The summed E-state index contributed by atoms with van der Waals surface area (Å²) in [6, 6.07) is 10.1. The van der Waals surface area contributed by atoms with Gasteiger partial charge in [0.25, 0.3) is 0 Å². The zero-order valence-corrected chi connectivity index (χ0v) is 14.9. The molecule has 10 radical (unpaired) electrons. The molecular weight excluding hydrogens is 328 g/mol. The van der Waals surface area contributed by atoms with E-state index in [0.29, 0.717) is 5.41 Å². The minimum absolute atomic E-state index is 0. The van der Waals surface area contributed by atoms with Crippen molar-refractivity contribution < 1.29 is 21.9 Å². The fourth-order valence-corrected chi connectivity index (χ4v) is 4.37. The van der Waals surface area contributed by atoms with E-state index in [0.717, 1.165) is 5.92 Å². The zero-order valence-electron chi connectivity index (χ0n) is 12.8. The first kappa shape index (κ1) is 19.7. The van der Waals surface area contributed by atoms with Gasteiger partial charge in [0.2, 0.25) is 0 Å². The van der Waals surface area contributed by atoms with Crippen molar-refractivity contribution in [2.75, 3.05) is 0 Å². The van der Waals surface area contributed by atoms with Crippen molar-refractivity contribution in [3.8, 4) is 0 Å². The fraction of sp³-hybridized carbons (Fsp3) is 0.105. The van der Waals surface area contributed by atoms with Crippen LogP contribution in [0.5, 0.6) is 0 Å². The Hall–Kier alpha value is -0.374. The standard InChI is InChI=1S/C14H15OSi.C5H5.Fe/c1-16(2,13-10-4-3-5-11-13)14(15)12-8-6-7-9-12;1-2-4-5-3-1;/h3-11H,1-2H3;1-5H;/q;;+2. The molecule has 1 aromatic carbocycles. The second-order valence-electron chi connectivity index (χ2n) is 5.46. The molecule has 2 saturated carbocycles. The summed E-state index contributed by atoms with van der Waals surface area (Å²) in [7, 11) is -2.03. The molecule has 0 heterocycles. The maximum Gasteiger partial charge on any atom is 2.00 e. The molecule has 3 heteroatoms. The van der Waals surface area contributed by atoms with Crippen molar-refractivity contribution >= 4 is 18.7 Å². The third kappa shape index (κ3) is 5.36. The molecule has 0 saturated heterocycles. The van der Waals surface area contributed by atoms with Gasteiger partial charge in [-0.25, -0.2) is 0 Å². The van der Waals surface area contributed by atoms with Crippen LogP contribution in [-0.2, 0) is 21.9 Å². The fourth-order valence-electron chi connectivity index (χ4n) is 2.19. The van der Waals surface area contributed by atoms with Crippen LogP contribution in [0.2, 0.25) is 13.1 Å². The van der Waals surface area contributed by atoms with Crippen molar-refractivity contribution in [2.24, 2.45) is 0 Å². The van der Waals surface area contributed by atoms with E-state index in [1.165, 1.54) is 5.19 Å². The third-order valence-electron chi connectivity index (χ3n) is 3.54. The Morgan fingerprint density at radius 1 is 0.773 bits per heavy atom. The van der Waals surface area contributed by atoms with Gasteiger partial charge in [-0.05, 0) is 57.8 Å². The summed E-state index contributed by atoms with van der Waals surface area (Å²) in [5.74, 6) is 0.848. The van der Waals surface area contributed by atoms with E-state index in [2.05, 4.69) is 25.2 Å². The average Bonchev–Trinajstić information content (AvgIpc) is 3.23. The monoisotopic (exact) mass is 348 g/mol. The largest absolute Gasteiger partial charge is 2.00 e. The Morgan fingerprint density at radius 2 is 1.23 bits per heavy atom. The van der Waals surface area contributed by atoms with Crippen LogP contribution in [0, 0.1) is 63.7 Å². The number of hydrogen-bond acceptors (Lipinski definition) is 1. The molecule has 0 atom stereocenters. The van der Waals surface area contributed by atoms with E-state index < -0.39 is 8.07 Å². The number of carbonyl (C=O) groups excluding carboxylic acids is 1. The first-order chi connectivity index (χ1) is 10.1. The molecular formula is C19H20FeOSi+2. The molecule has 0 N–H and O–H groups in total. The summed E-state index contributed by atoms with van der Waals surface area (Å²) in [6.45, 7) is 4.22. The van der Waals surface area contributed by atoms with Gasteiger partial charge in [0.15, 0.2) is 8.07 Å². The van der Waals surface area contributed by atoms with E-state index in [-0.39, 0.29) is 17.1 Å². The number of benzene rings is 1. The van der Waals surface area contributed by atoms with E-state index in [9.17, 15) is 4.79 Å². The van der Waals surface area contributed by atoms with Gasteiger partial charge in [-0.2, -0.15) is 0 Å². The maximum absolute atomic E-state index is 12.4.